The highest BCUT2D eigenvalue weighted by molar-refractivity contribution is 7.91. The number of aromatic nitrogens is 1. The Labute approximate surface area is 128 Å². The van der Waals surface area contributed by atoms with Gasteiger partial charge in [0.05, 0.1) is 12.6 Å². The number of sulfonamides is 1. The van der Waals surface area contributed by atoms with Gasteiger partial charge in [-0.05, 0) is 33.4 Å². The predicted octanol–water partition coefficient (Wildman–Crippen LogP) is 0.691. The molecule has 0 aliphatic carbocycles. The van der Waals surface area contributed by atoms with Crippen molar-refractivity contribution < 1.29 is 17.9 Å². The molecule has 0 saturated carbocycles. The number of nitrogens with one attached hydrogen (secondary N) is 1. The standard InChI is InChI=1S/C12H19N3O4S2/c1-8-6-9(4-5-15(8)2)14-21(17,18)12-10(11(16)19-3)13-7-20-12/h7-9,14H,4-6H2,1-3H3. The third kappa shape index (κ3) is 3.60. The molecule has 1 N–H and O–H groups in total. The normalized spacial score (nSPS) is 24.0. The average molecular weight is 333 g/mol. The van der Waals surface area contributed by atoms with Crippen LogP contribution in [0.2, 0.25) is 0 Å². The van der Waals surface area contributed by atoms with Gasteiger partial charge in [-0.3, -0.25) is 0 Å². The van der Waals surface area contributed by atoms with Crippen LogP contribution in [-0.4, -0.2) is 57.1 Å². The van der Waals surface area contributed by atoms with Gasteiger partial charge in [0.2, 0.25) is 0 Å². The van der Waals surface area contributed by atoms with Crippen molar-refractivity contribution in [1.29, 1.82) is 0 Å². The van der Waals surface area contributed by atoms with Crippen molar-refractivity contribution in [3.05, 3.63) is 11.2 Å². The highest BCUT2D eigenvalue weighted by atomic mass is 32.2. The number of carbonyl (C=O) groups excluding carboxylic acids is 1. The number of rotatable bonds is 4. The molecule has 2 atom stereocenters. The van der Waals surface area contributed by atoms with Crippen molar-refractivity contribution in [2.24, 2.45) is 0 Å². The zero-order valence-corrected chi connectivity index (χ0v) is 13.8. The number of hydrogen-bond acceptors (Lipinski definition) is 7. The Balaban J connectivity index is 2.16. The number of piperidine rings is 1. The van der Waals surface area contributed by atoms with Crippen LogP contribution in [0.3, 0.4) is 0 Å². The summed E-state index contributed by atoms with van der Waals surface area (Å²) in [5, 5.41) is 0. The summed E-state index contributed by atoms with van der Waals surface area (Å²) in [7, 11) is -0.536. The molecular formula is C12H19N3O4S2. The Hall–Kier alpha value is -1.03. The van der Waals surface area contributed by atoms with E-state index in [2.05, 4.69) is 26.3 Å². The number of likely N-dealkylation sites (tertiary alicyclic amines) is 1. The molecule has 21 heavy (non-hydrogen) atoms. The maximum Gasteiger partial charge on any atom is 0.358 e. The van der Waals surface area contributed by atoms with E-state index < -0.39 is 16.0 Å². The fraction of sp³-hybridized carbons (Fsp3) is 0.667. The van der Waals surface area contributed by atoms with Crippen molar-refractivity contribution in [1.82, 2.24) is 14.6 Å². The molecule has 0 bridgehead atoms. The van der Waals surface area contributed by atoms with Crippen LogP contribution in [0.4, 0.5) is 0 Å². The first-order chi connectivity index (χ1) is 9.85. The molecule has 1 saturated heterocycles. The third-order valence-corrected chi connectivity index (χ3v) is 6.58. The van der Waals surface area contributed by atoms with Crippen LogP contribution in [0.15, 0.2) is 9.72 Å². The monoisotopic (exact) mass is 333 g/mol. The summed E-state index contributed by atoms with van der Waals surface area (Å²) in [6, 6.07) is 0.182. The molecule has 2 rings (SSSR count). The number of carbonyl (C=O) groups is 1. The molecular weight excluding hydrogens is 314 g/mol. The molecule has 1 aliphatic heterocycles. The second-order valence-electron chi connectivity index (χ2n) is 5.15. The van der Waals surface area contributed by atoms with Gasteiger partial charge < -0.3 is 9.64 Å². The first-order valence-electron chi connectivity index (χ1n) is 6.59. The minimum atomic E-state index is -3.76. The molecule has 118 valence electrons. The summed E-state index contributed by atoms with van der Waals surface area (Å²) in [5.41, 5.74) is 1.17. The number of hydrogen-bond donors (Lipinski definition) is 1. The number of ether oxygens (including phenoxy) is 1. The van der Waals surface area contributed by atoms with E-state index in [-0.39, 0.29) is 15.9 Å². The highest BCUT2D eigenvalue weighted by Crippen LogP contribution is 2.23. The molecule has 0 radical (unpaired) electrons. The molecule has 2 unspecified atom stereocenters. The van der Waals surface area contributed by atoms with Crippen molar-refractivity contribution in [3.63, 3.8) is 0 Å². The van der Waals surface area contributed by atoms with E-state index in [4.69, 9.17) is 0 Å². The van der Waals surface area contributed by atoms with Crippen LogP contribution in [0.5, 0.6) is 0 Å². The van der Waals surface area contributed by atoms with E-state index in [0.717, 1.165) is 30.7 Å². The van der Waals surface area contributed by atoms with Crippen LogP contribution in [-0.2, 0) is 14.8 Å². The second kappa shape index (κ2) is 6.39. The number of methoxy groups -OCH3 is 1. The van der Waals surface area contributed by atoms with Crippen LogP contribution < -0.4 is 4.72 Å². The zero-order valence-electron chi connectivity index (χ0n) is 12.2. The van der Waals surface area contributed by atoms with E-state index in [1.807, 2.05) is 7.05 Å². The SMILES string of the molecule is COC(=O)c1ncsc1S(=O)(=O)NC1CCN(C)C(C)C1. The van der Waals surface area contributed by atoms with Crippen molar-refractivity contribution in [3.8, 4) is 0 Å². The summed E-state index contributed by atoms with van der Waals surface area (Å²) in [4.78, 5) is 17.5. The summed E-state index contributed by atoms with van der Waals surface area (Å²) >= 11 is 0.917. The molecule has 1 aliphatic rings. The average Bonchev–Trinajstić information content (AvgIpc) is 2.92. The molecule has 0 aromatic carbocycles. The van der Waals surface area contributed by atoms with Crippen molar-refractivity contribution in [2.75, 3.05) is 20.7 Å². The molecule has 1 aromatic heterocycles. The maximum atomic E-state index is 12.4. The molecule has 7 nitrogen and oxygen atoms in total. The van der Waals surface area contributed by atoms with E-state index in [1.54, 1.807) is 0 Å². The van der Waals surface area contributed by atoms with E-state index in [0.29, 0.717) is 6.04 Å². The van der Waals surface area contributed by atoms with E-state index in [9.17, 15) is 13.2 Å². The highest BCUT2D eigenvalue weighted by Gasteiger charge is 2.31. The fourth-order valence-corrected chi connectivity index (χ4v) is 4.76. The molecule has 1 aromatic rings. The Morgan fingerprint density at radius 3 is 2.90 bits per heavy atom. The van der Waals surface area contributed by atoms with Gasteiger partial charge in [-0.15, -0.1) is 11.3 Å². The first kappa shape index (κ1) is 16.3. The second-order valence-corrected chi connectivity index (χ2v) is 7.92. The number of esters is 1. The van der Waals surface area contributed by atoms with E-state index >= 15 is 0 Å². The van der Waals surface area contributed by atoms with Crippen LogP contribution in [0, 0.1) is 0 Å². The Morgan fingerprint density at radius 2 is 2.29 bits per heavy atom. The lowest BCUT2D eigenvalue weighted by Gasteiger charge is -2.35. The third-order valence-electron chi connectivity index (χ3n) is 3.69. The van der Waals surface area contributed by atoms with Crippen molar-refractivity contribution in [2.45, 2.75) is 36.1 Å². The van der Waals surface area contributed by atoms with Crippen molar-refractivity contribution >= 4 is 27.3 Å². The van der Waals surface area contributed by atoms with E-state index in [1.165, 1.54) is 12.6 Å². The lowest BCUT2D eigenvalue weighted by Crippen LogP contribution is -2.47. The van der Waals surface area contributed by atoms with Crippen LogP contribution in [0.1, 0.15) is 30.3 Å². The number of nitrogens with zero attached hydrogens (tertiary/aromatic N) is 2. The van der Waals surface area contributed by atoms with Gasteiger partial charge in [-0.1, -0.05) is 0 Å². The predicted molar refractivity (Wildman–Crippen MR) is 78.9 cm³/mol. The minimum absolute atomic E-state index is 0.0825. The Kier molecular flexibility index (Phi) is 4.97. The Bertz CT molecular complexity index is 614. The summed E-state index contributed by atoms with van der Waals surface area (Å²) in [6.07, 6.45) is 1.48. The van der Waals surface area contributed by atoms with Gasteiger partial charge in [0.25, 0.3) is 10.0 Å². The maximum absolute atomic E-state index is 12.4. The minimum Gasteiger partial charge on any atom is -0.464 e. The Morgan fingerprint density at radius 1 is 1.57 bits per heavy atom. The van der Waals surface area contributed by atoms with Crippen LogP contribution in [0.25, 0.3) is 0 Å². The van der Waals surface area contributed by atoms with Gasteiger partial charge in [0, 0.05) is 12.1 Å². The lowest BCUT2D eigenvalue weighted by molar-refractivity contribution is 0.0590. The largest absolute Gasteiger partial charge is 0.464 e. The smallest absolute Gasteiger partial charge is 0.358 e. The zero-order chi connectivity index (χ0) is 15.6. The van der Waals surface area contributed by atoms with Gasteiger partial charge in [0.15, 0.2) is 9.90 Å². The van der Waals surface area contributed by atoms with Gasteiger partial charge in [0.1, 0.15) is 0 Å². The van der Waals surface area contributed by atoms with Crippen LogP contribution >= 0.6 is 11.3 Å². The fourth-order valence-electron chi connectivity index (χ4n) is 2.33. The first-order valence-corrected chi connectivity index (χ1v) is 8.95. The molecule has 0 amide bonds. The molecule has 9 heteroatoms. The quantitative estimate of drug-likeness (QED) is 0.816. The summed E-state index contributed by atoms with van der Waals surface area (Å²) in [5.74, 6) is -0.742. The molecule has 1 fully saturated rings. The lowest BCUT2D eigenvalue weighted by atomic mass is 10.0. The van der Waals surface area contributed by atoms with Gasteiger partial charge >= 0.3 is 5.97 Å². The number of thiazole rings is 1. The summed E-state index contributed by atoms with van der Waals surface area (Å²) < 4.78 is 32.0. The topological polar surface area (TPSA) is 88.6 Å². The van der Waals surface area contributed by atoms with Gasteiger partial charge in [-0.25, -0.2) is 22.9 Å². The van der Waals surface area contributed by atoms with Gasteiger partial charge in [-0.2, -0.15) is 0 Å². The summed E-state index contributed by atoms with van der Waals surface area (Å²) in [6.45, 7) is 2.90. The molecule has 2 heterocycles. The molecule has 0 spiro atoms.